The molecule has 1 aliphatic heterocycles. The molecule has 2 unspecified atom stereocenters. The summed E-state index contributed by atoms with van der Waals surface area (Å²) >= 11 is 0. The van der Waals surface area contributed by atoms with Gasteiger partial charge in [0.1, 0.15) is 0 Å². The molecular weight excluding hydrogens is 286 g/mol. The molecule has 0 aliphatic carbocycles. The molecule has 1 aromatic carbocycles. The molecule has 1 aromatic rings. The van der Waals surface area contributed by atoms with E-state index < -0.39 is 10.0 Å². The van der Waals surface area contributed by atoms with E-state index in [1.54, 1.807) is 19.1 Å². The van der Waals surface area contributed by atoms with Gasteiger partial charge in [-0.3, -0.25) is 0 Å². The largest absolute Gasteiger partial charge is 0.326 e. The van der Waals surface area contributed by atoms with E-state index in [1.807, 2.05) is 6.92 Å². The van der Waals surface area contributed by atoms with E-state index in [9.17, 15) is 8.42 Å². The summed E-state index contributed by atoms with van der Waals surface area (Å²) in [5.74, 6) is 0. The van der Waals surface area contributed by atoms with Gasteiger partial charge in [-0.25, -0.2) is 8.42 Å². The first-order valence-electron chi connectivity index (χ1n) is 7.16. The van der Waals surface area contributed by atoms with Gasteiger partial charge in [0, 0.05) is 18.6 Å². The van der Waals surface area contributed by atoms with Gasteiger partial charge in [-0.1, -0.05) is 6.42 Å². The van der Waals surface area contributed by atoms with Crippen LogP contribution in [0.4, 0.5) is 0 Å². The Kier molecular flexibility index (Phi) is 4.67. The standard InChI is InChI=1S/C15H21N3O2S/c1-11-9-14(7-6-13(11)10-16)21(19,20)18-8-4-3-5-15(18)12(2)17/h6-7,9,12,15H,3-5,8,17H2,1-2H3. The smallest absolute Gasteiger partial charge is 0.243 e. The Morgan fingerprint density at radius 3 is 2.71 bits per heavy atom. The lowest BCUT2D eigenvalue weighted by Gasteiger charge is -2.36. The van der Waals surface area contributed by atoms with Crippen molar-refractivity contribution >= 4 is 10.0 Å². The third-order valence-electron chi connectivity index (χ3n) is 4.03. The summed E-state index contributed by atoms with van der Waals surface area (Å²) in [5, 5.41) is 8.95. The minimum atomic E-state index is -3.56. The maximum Gasteiger partial charge on any atom is 0.243 e. The Hall–Kier alpha value is -1.42. The molecule has 1 saturated heterocycles. The number of nitriles is 1. The Labute approximate surface area is 126 Å². The van der Waals surface area contributed by atoms with Crippen molar-refractivity contribution in [2.24, 2.45) is 5.73 Å². The van der Waals surface area contributed by atoms with Gasteiger partial charge in [0.15, 0.2) is 0 Å². The molecule has 1 fully saturated rings. The second kappa shape index (κ2) is 6.14. The highest BCUT2D eigenvalue weighted by Crippen LogP contribution is 2.27. The molecule has 1 aliphatic rings. The maximum atomic E-state index is 12.8. The van der Waals surface area contributed by atoms with Crippen molar-refractivity contribution in [2.75, 3.05) is 6.54 Å². The molecule has 6 heteroatoms. The summed E-state index contributed by atoms with van der Waals surface area (Å²) in [6.07, 6.45) is 2.66. The number of piperidine rings is 1. The van der Waals surface area contributed by atoms with E-state index in [4.69, 9.17) is 11.0 Å². The van der Waals surface area contributed by atoms with E-state index in [2.05, 4.69) is 6.07 Å². The Morgan fingerprint density at radius 1 is 1.43 bits per heavy atom. The molecule has 5 nitrogen and oxygen atoms in total. The fourth-order valence-electron chi connectivity index (χ4n) is 2.81. The minimum absolute atomic E-state index is 0.153. The van der Waals surface area contributed by atoms with Crippen molar-refractivity contribution in [3.05, 3.63) is 29.3 Å². The van der Waals surface area contributed by atoms with Gasteiger partial charge in [0.25, 0.3) is 0 Å². The van der Waals surface area contributed by atoms with E-state index in [0.29, 0.717) is 17.7 Å². The average molecular weight is 307 g/mol. The van der Waals surface area contributed by atoms with Gasteiger partial charge in [-0.05, 0) is 50.5 Å². The molecule has 0 aromatic heterocycles. The third kappa shape index (κ3) is 3.10. The lowest BCUT2D eigenvalue weighted by atomic mass is 10.00. The molecule has 0 radical (unpaired) electrons. The molecular formula is C15H21N3O2S. The number of nitrogens with two attached hydrogens (primary N) is 1. The fraction of sp³-hybridized carbons (Fsp3) is 0.533. The molecule has 0 amide bonds. The lowest BCUT2D eigenvalue weighted by Crippen LogP contribution is -2.51. The SMILES string of the molecule is Cc1cc(S(=O)(=O)N2CCCCC2C(C)N)ccc1C#N. The molecule has 2 rings (SSSR count). The van der Waals surface area contributed by atoms with Crippen LogP contribution < -0.4 is 5.73 Å². The van der Waals surface area contributed by atoms with E-state index in [-0.39, 0.29) is 17.0 Å². The monoisotopic (exact) mass is 307 g/mol. The average Bonchev–Trinajstić information content (AvgIpc) is 2.47. The predicted molar refractivity (Wildman–Crippen MR) is 81.1 cm³/mol. The van der Waals surface area contributed by atoms with Crippen molar-refractivity contribution in [3.8, 4) is 6.07 Å². The summed E-state index contributed by atoms with van der Waals surface area (Å²) in [6, 6.07) is 6.34. The van der Waals surface area contributed by atoms with Gasteiger partial charge in [-0.2, -0.15) is 9.57 Å². The van der Waals surface area contributed by atoms with Crippen LogP contribution in [0, 0.1) is 18.3 Å². The van der Waals surface area contributed by atoms with Crippen LogP contribution >= 0.6 is 0 Å². The second-order valence-electron chi connectivity index (χ2n) is 5.63. The Bertz CT molecular complexity index is 662. The van der Waals surface area contributed by atoms with Crippen LogP contribution in [-0.4, -0.2) is 31.4 Å². The first-order valence-corrected chi connectivity index (χ1v) is 8.60. The number of hydrogen-bond donors (Lipinski definition) is 1. The van der Waals surface area contributed by atoms with Crippen molar-refractivity contribution in [1.29, 1.82) is 5.26 Å². The van der Waals surface area contributed by atoms with Crippen LogP contribution in [0.2, 0.25) is 0 Å². The number of benzene rings is 1. The first kappa shape index (κ1) is 16.0. The fourth-order valence-corrected chi connectivity index (χ4v) is 4.67. The normalized spacial score (nSPS) is 21.7. The van der Waals surface area contributed by atoms with Crippen molar-refractivity contribution in [3.63, 3.8) is 0 Å². The molecule has 114 valence electrons. The van der Waals surface area contributed by atoms with E-state index in [1.165, 1.54) is 10.4 Å². The summed E-state index contributed by atoms with van der Waals surface area (Å²) < 4.78 is 27.2. The lowest BCUT2D eigenvalue weighted by molar-refractivity contribution is 0.227. The van der Waals surface area contributed by atoms with Crippen molar-refractivity contribution in [1.82, 2.24) is 4.31 Å². The van der Waals surface area contributed by atoms with Gasteiger partial charge >= 0.3 is 0 Å². The second-order valence-corrected chi connectivity index (χ2v) is 7.52. The van der Waals surface area contributed by atoms with E-state index in [0.717, 1.165) is 19.3 Å². The van der Waals surface area contributed by atoms with Crippen LogP contribution in [0.1, 0.15) is 37.3 Å². The quantitative estimate of drug-likeness (QED) is 0.921. The van der Waals surface area contributed by atoms with Crippen LogP contribution in [0.3, 0.4) is 0 Å². The summed E-state index contributed by atoms with van der Waals surface area (Å²) in [5.41, 5.74) is 7.13. The Morgan fingerprint density at radius 2 is 2.14 bits per heavy atom. The van der Waals surface area contributed by atoms with Gasteiger partial charge in [0.05, 0.1) is 16.5 Å². The zero-order chi connectivity index (χ0) is 15.6. The topological polar surface area (TPSA) is 87.2 Å². The number of hydrogen-bond acceptors (Lipinski definition) is 4. The minimum Gasteiger partial charge on any atom is -0.326 e. The van der Waals surface area contributed by atoms with Crippen LogP contribution in [0.5, 0.6) is 0 Å². The Balaban J connectivity index is 2.41. The van der Waals surface area contributed by atoms with Gasteiger partial charge < -0.3 is 5.73 Å². The molecule has 2 N–H and O–H groups in total. The molecule has 2 atom stereocenters. The third-order valence-corrected chi connectivity index (χ3v) is 5.95. The zero-order valence-corrected chi connectivity index (χ0v) is 13.2. The maximum absolute atomic E-state index is 12.8. The van der Waals surface area contributed by atoms with Crippen molar-refractivity contribution < 1.29 is 8.42 Å². The predicted octanol–water partition coefficient (Wildman–Crippen LogP) is 1.76. The molecule has 1 heterocycles. The van der Waals surface area contributed by atoms with Crippen LogP contribution in [0.15, 0.2) is 23.1 Å². The number of sulfonamides is 1. The molecule has 21 heavy (non-hydrogen) atoms. The first-order chi connectivity index (χ1) is 9.87. The van der Waals surface area contributed by atoms with Crippen LogP contribution in [0.25, 0.3) is 0 Å². The summed E-state index contributed by atoms with van der Waals surface area (Å²) in [4.78, 5) is 0.242. The van der Waals surface area contributed by atoms with E-state index >= 15 is 0 Å². The van der Waals surface area contributed by atoms with Gasteiger partial charge in [0.2, 0.25) is 10.0 Å². The molecule has 0 bridgehead atoms. The summed E-state index contributed by atoms with van der Waals surface area (Å²) in [7, 11) is -3.56. The van der Waals surface area contributed by atoms with Crippen molar-refractivity contribution in [2.45, 2.75) is 50.1 Å². The van der Waals surface area contributed by atoms with Crippen LogP contribution in [-0.2, 0) is 10.0 Å². The zero-order valence-electron chi connectivity index (χ0n) is 12.4. The highest BCUT2D eigenvalue weighted by atomic mass is 32.2. The molecule has 0 saturated carbocycles. The summed E-state index contributed by atoms with van der Waals surface area (Å²) in [6.45, 7) is 4.10. The highest BCUT2D eigenvalue weighted by molar-refractivity contribution is 7.89. The molecule has 0 spiro atoms. The number of rotatable bonds is 3. The number of nitrogens with zero attached hydrogens (tertiary/aromatic N) is 2. The number of aryl methyl sites for hydroxylation is 1. The van der Waals surface area contributed by atoms with Gasteiger partial charge in [-0.15, -0.1) is 0 Å². The highest BCUT2D eigenvalue weighted by Gasteiger charge is 2.35.